The summed E-state index contributed by atoms with van der Waals surface area (Å²) in [6, 6.07) is 0. The molecule has 1 fully saturated rings. The first-order valence-electron chi connectivity index (χ1n) is 7.00. The highest BCUT2D eigenvalue weighted by molar-refractivity contribution is 7.11. The molecule has 5 nitrogen and oxygen atoms in total. The Bertz CT molecular complexity index is 397. The summed E-state index contributed by atoms with van der Waals surface area (Å²) >= 11 is 1.42. The van der Waals surface area contributed by atoms with Gasteiger partial charge in [-0.15, -0.1) is 0 Å². The van der Waals surface area contributed by atoms with Crippen molar-refractivity contribution < 1.29 is 9.47 Å². The van der Waals surface area contributed by atoms with Crippen LogP contribution in [0.5, 0.6) is 5.75 Å². The van der Waals surface area contributed by atoms with Gasteiger partial charge in [-0.25, -0.2) is 0 Å². The highest BCUT2D eigenvalue weighted by Crippen LogP contribution is 2.39. The molecule has 0 radical (unpaired) electrons. The Balaban J connectivity index is 2.04. The van der Waals surface area contributed by atoms with E-state index in [1.165, 1.54) is 11.5 Å². The molecule has 108 valence electrons. The highest BCUT2D eigenvalue weighted by Gasteiger charge is 2.25. The van der Waals surface area contributed by atoms with E-state index in [2.05, 4.69) is 16.2 Å². The lowest BCUT2D eigenvalue weighted by Gasteiger charge is -2.33. The molecule has 0 bridgehead atoms. The Kier molecular flexibility index (Phi) is 5.27. The first kappa shape index (κ1) is 14.4. The van der Waals surface area contributed by atoms with Crippen LogP contribution in [0.3, 0.4) is 0 Å². The molecule has 0 aliphatic carbocycles. The summed E-state index contributed by atoms with van der Waals surface area (Å²) in [5, 5.41) is 1.05. The largest absolute Gasteiger partial charge is 0.487 e. The van der Waals surface area contributed by atoms with Crippen LogP contribution in [0.4, 0.5) is 10.8 Å². The van der Waals surface area contributed by atoms with Gasteiger partial charge in [0, 0.05) is 19.7 Å². The van der Waals surface area contributed by atoms with Crippen molar-refractivity contribution in [1.29, 1.82) is 0 Å². The number of nitrogen functional groups attached to an aromatic ring is 1. The van der Waals surface area contributed by atoms with Gasteiger partial charge < -0.3 is 20.1 Å². The Labute approximate surface area is 118 Å². The fourth-order valence-corrected chi connectivity index (χ4v) is 3.10. The van der Waals surface area contributed by atoms with Crippen molar-refractivity contribution in [3.63, 3.8) is 0 Å². The topological polar surface area (TPSA) is 60.6 Å². The lowest BCUT2D eigenvalue weighted by Crippen LogP contribution is -2.39. The Morgan fingerprint density at radius 1 is 1.47 bits per heavy atom. The average molecular weight is 285 g/mol. The van der Waals surface area contributed by atoms with Crippen LogP contribution in [0.1, 0.15) is 33.1 Å². The third-order valence-corrected chi connectivity index (χ3v) is 4.07. The molecule has 0 amide bonds. The number of anilines is 2. The van der Waals surface area contributed by atoms with Crippen LogP contribution in [0.25, 0.3) is 0 Å². The van der Waals surface area contributed by atoms with Crippen LogP contribution in [0, 0.1) is 0 Å². The van der Waals surface area contributed by atoms with E-state index in [0.717, 1.165) is 49.7 Å². The number of piperidine rings is 1. The molecule has 1 unspecified atom stereocenters. The number of rotatable bonds is 6. The zero-order valence-electron chi connectivity index (χ0n) is 11.7. The van der Waals surface area contributed by atoms with Crippen molar-refractivity contribution >= 4 is 22.4 Å². The summed E-state index contributed by atoms with van der Waals surface area (Å²) in [6.45, 7) is 7.47. The molecule has 0 saturated carbocycles. The number of hydrogen-bond donors (Lipinski definition) is 1. The molecule has 0 aromatic carbocycles. The summed E-state index contributed by atoms with van der Waals surface area (Å²) in [5.74, 6) is 1.24. The van der Waals surface area contributed by atoms with E-state index < -0.39 is 0 Å². The maximum atomic E-state index is 5.87. The van der Waals surface area contributed by atoms with Gasteiger partial charge in [0.15, 0.2) is 16.6 Å². The minimum absolute atomic E-state index is 0.312. The molecule has 1 aliphatic rings. The normalized spacial score (nSPS) is 19.7. The zero-order chi connectivity index (χ0) is 13.7. The molecule has 1 saturated heterocycles. The van der Waals surface area contributed by atoms with Crippen LogP contribution in [-0.4, -0.2) is 36.8 Å². The van der Waals surface area contributed by atoms with Gasteiger partial charge in [-0.3, -0.25) is 0 Å². The predicted octanol–water partition coefficient (Wildman–Crippen LogP) is 2.52. The zero-order valence-corrected chi connectivity index (χ0v) is 12.5. The maximum Gasteiger partial charge on any atom is 0.197 e. The molecule has 2 heterocycles. The van der Waals surface area contributed by atoms with Gasteiger partial charge >= 0.3 is 0 Å². The number of aromatic nitrogens is 1. The van der Waals surface area contributed by atoms with Gasteiger partial charge in [0.1, 0.15) is 0 Å². The van der Waals surface area contributed by atoms with E-state index in [0.29, 0.717) is 18.5 Å². The van der Waals surface area contributed by atoms with E-state index in [4.69, 9.17) is 15.2 Å². The Morgan fingerprint density at radius 2 is 2.32 bits per heavy atom. The molecule has 1 aromatic heterocycles. The van der Waals surface area contributed by atoms with E-state index in [-0.39, 0.29) is 0 Å². The molecule has 2 rings (SSSR count). The van der Waals surface area contributed by atoms with E-state index in [9.17, 15) is 0 Å². The standard InChI is InChI=1S/C13H23N3O2S/c1-3-8-18-10-6-5-7-16(9-10)13-11(17-4-2)12(14)15-19-13/h10H,3-9H2,1-2H3,(H2,14,15). The SMILES string of the molecule is CCCOC1CCCN(c2snc(N)c2OCC)C1. The lowest BCUT2D eigenvalue weighted by atomic mass is 10.1. The number of nitrogens with two attached hydrogens (primary N) is 1. The van der Waals surface area contributed by atoms with Gasteiger partial charge in [-0.2, -0.15) is 4.37 Å². The summed E-state index contributed by atoms with van der Waals surface area (Å²) in [6.07, 6.45) is 3.65. The second-order valence-corrected chi connectivity index (χ2v) is 5.47. The smallest absolute Gasteiger partial charge is 0.197 e. The Morgan fingerprint density at radius 3 is 3.05 bits per heavy atom. The molecule has 19 heavy (non-hydrogen) atoms. The fourth-order valence-electron chi connectivity index (χ4n) is 2.31. The van der Waals surface area contributed by atoms with Crippen molar-refractivity contribution in [2.24, 2.45) is 0 Å². The van der Waals surface area contributed by atoms with Crippen LogP contribution >= 0.6 is 11.5 Å². The summed E-state index contributed by atoms with van der Waals surface area (Å²) < 4.78 is 15.7. The summed E-state index contributed by atoms with van der Waals surface area (Å²) in [4.78, 5) is 2.29. The molecule has 6 heteroatoms. The van der Waals surface area contributed by atoms with Crippen molar-refractivity contribution in [2.75, 3.05) is 36.9 Å². The second-order valence-electron chi connectivity index (χ2n) is 4.72. The van der Waals surface area contributed by atoms with Crippen LogP contribution < -0.4 is 15.4 Å². The lowest BCUT2D eigenvalue weighted by molar-refractivity contribution is 0.0441. The molecule has 0 spiro atoms. The van der Waals surface area contributed by atoms with Crippen molar-refractivity contribution in [3.05, 3.63) is 0 Å². The fraction of sp³-hybridized carbons (Fsp3) is 0.769. The van der Waals surface area contributed by atoms with Gasteiger partial charge in [0.2, 0.25) is 0 Å². The van der Waals surface area contributed by atoms with Gasteiger partial charge in [-0.05, 0) is 37.7 Å². The maximum absolute atomic E-state index is 5.87. The van der Waals surface area contributed by atoms with E-state index in [1.807, 2.05) is 6.92 Å². The molecule has 1 atom stereocenters. The molecule has 1 aromatic rings. The molecule has 1 aliphatic heterocycles. The van der Waals surface area contributed by atoms with Crippen molar-refractivity contribution in [1.82, 2.24) is 4.37 Å². The average Bonchev–Trinajstić information content (AvgIpc) is 2.79. The number of ether oxygens (including phenoxy) is 2. The van der Waals surface area contributed by atoms with Gasteiger partial charge in [0.05, 0.1) is 12.7 Å². The first-order valence-corrected chi connectivity index (χ1v) is 7.78. The predicted molar refractivity (Wildman–Crippen MR) is 79.2 cm³/mol. The number of nitrogens with zero attached hydrogens (tertiary/aromatic N) is 2. The molecule has 2 N–H and O–H groups in total. The monoisotopic (exact) mass is 285 g/mol. The quantitative estimate of drug-likeness (QED) is 0.870. The van der Waals surface area contributed by atoms with E-state index in [1.54, 1.807) is 0 Å². The molecular formula is C13H23N3O2S. The Hall–Kier alpha value is -1.01. The highest BCUT2D eigenvalue weighted by atomic mass is 32.1. The van der Waals surface area contributed by atoms with E-state index >= 15 is 0 Å². The van der Waals surface area contributed by atoms with Crippen LogP contribution in [0.15, 0.2) is 0 Å². The third kappa shape index (κ3) is 3.51. The van der Waals surface area contributed by atoms with Gasteiger partial charge in [0.25, 0.3) is 0 Å². The minimum Gasteiger partial charge on any atom is -0.487 e. The van der Waals surface area contributed by atoms with Gasteiger partial charge in [-0.1, -0.05) is 6.92 Å². The third-order valence-electron chi connectivity index (χ3n) is 3.17. The summed E-state index contributed by atoms with van der Waals surface area (Å²) in [5.41, 5.74) is 5.87. The van der Waals surface area contributed by atoms with Crippen LogP contribution in [0.2, 0.25) is 0 Å². The van der Waals surface area contributed by atoms with Crippen molar-refractivity contribution in [3.8, 4) is 5.75 Å². The second kappa shape index (κ2) is 6.96. The first-order chi connectivity index (χ1) is 9.26. The summed E-state index contributed by atoms with van der Waals surface area (Å²) in [7, 11) is 0. The van der Waals surface area contributed by atoms with Crippen LogP contribution in [-0.2, 0) is 4.74 Å². The molecular weight excluding hydrogens is 262 g/mol. The minimum atomic E-state index is 0.312. The number of hydrogen-bond acceptors (Lipinski definition) is 6. The van der Waals surface area contributed by atoms with Crippen molar-refractivity contribution in [2.45, 2.75) is 39.2 Å².